The summed E-state index contributed by atoms with van der Waals surface area (Å²) in [5.74, 6) is 1.44. The molecule has 0 aliphatic rings. The molecule has 3 nitrogen and oxygen atoms in total. The average Bonchev–Trinajstić information content (AvgIpc) is 2.75. The normalized spacial score (nSPS) is 11.9. The number of fused-ring (bicyclic) bond motifs is 1. The van der Waals surface area contributed by atoms with Crippen LogP contribution in [0.25, 0.3) is 10.2 Å². The largest absolute Gasteiger partial charge is 0.438 e. The van der Waals surface area contributed by atoms with Gasteiger partial charge in [-0.15, -0.1) is 11.3 Å². The summed E-state index contributed by atoms with van der Waals surface area (Å²) in [6, 6.07) is 8.23. The molecule has 4 heteroatoms. The van der Waals surface area contributed by atoms with E-state index >= 15 is 0 Å². The summed E-state index contributed by atoms with van der Waals surface area (Å²) in [6.45, 7) is 10.8. The van der Waals surface area contributed by atoms with E-state index in [1.54, 1.807) is 17.7 Å². The minimum absolute atomic E-state index is 0.141. The van der Waals surface area contributed by atoms with Gasteiger partial charge in [-0.05, 0) is 42.5 Å². The van der Waals surface area contributed by atoms with Gasteiger partial charge in [0.25, 0.3) is 0 Å². The predicted molar refractivity (Wildman–Crippen MR) is 92.1 cm³/mol. The van der Waals surface area contributed by atoms with Crippen molar-refractivity contribution in [1.29, 1.82) is 0 Å². The number of hydrogen-bond donors (Lipinski definition) is 0. The van der Waals surface area contributed by atoms with Crippen molar-refractivity contribution >= 4 is 21.6 Å². The molecular formula is C18H20N2OS. The molecule has 0 aliphatic carbocycles. The fourth-order valence-electron chi connectivity index (χ4n) is 2.36. The Hall–Kier alpha value is -1.94. The lowest BCUT2D eigenvalue weighted by Gasteiger charge is -2.19. The van der Waals surface area contributed by atoms with Crippen LogP contribution in [-0.2, 0) is 5.41 Å². The van der Waals surface area contributed by atoms with Crippen LogP contribution >= 0.6 is 11.3 Å². The van der Waals surface area contributed by atoms with Crippen LogP contribution in [0, 0.1) is 13.8 Å². The van der Waals surface area contributed by atoms with Crippen LogP contribution in [0.2, 0.25) is 0 Å². The number of hydrogen-bond acceptors (Lipinski definition) is 4. The van der Waals surface area contributed by atoms with Gasteiger partial charge in [-0.2, -0.15) is 0 Å². The van der Waals surface area contributed by atoms with Crippen LogP contribution in [0.5, 0.6) is 11.6 Å². The van der Waals surface area contributed by atoms with Crippen molar-refractivity contribution in [3.63, 3.8) is 0 Å². The smallest absolute Gasteiger partial charge is 0.231 e. The first-order valence-electron chi connectivity index (χ1n) is 7.35. The van der Waals surface area contributed by atoms with E-state index in [1.165, 1.54) is 16.0 Å². The van der Waals surface area contributed by atoms with Crippen LogP contribution in [0.3, 0.4) is 0 Å². The zero-order valence-corrected chi connectivity index (χ0v) is 14.4. The van der Waals surface area contributed by atoms with E-state index in [1.807, 2.05) is 12.1 Å². The summed E-state index contributed by atoms with van der Waals surface area (Å²) in [5, 5.41) is 1.02. The van der Waals surface area contributed by atoms with Crippen LogP contribution in [0.1, 0.15) is 36.8 Å². The third-order valence-corrected chi connectivity index (χ3v) is 4.98. The zero-order chi connectivity index (χ0) is 15.9. The highest BCUT2D eigenvalue weighted by Crippen LogP contribution is 2.36. The molecule has 22 heavy (non-hydrogen) atoms. The summed E-state index contributed by atoms with van der Waals surface area (Å²) in [6.07, 6.45) is 1.57. The van der Waals surface area contributed by atoms with Crippen molar-refractivity contribution < 1.29 is 4.74 Å². The lowest BCUT2D eigenvalue weighted by molar-refractivity contribution is 0.467. The lowest BCUT2D eigenvalue weighted by atomic mass is 9.87. The van der Waals surface area contributed by atoms with Crippen molar-refractivity contribution in [1.82, 2.24) is 9.97 Å². The van der Waals surface area contributed by atoms with Gasteiger partial charge in [0, 0.05) is 4.88 Å². The zero-order valence-electron chi connectivity index (χ0n) is 13.6. The molecule has 1 aromatic carbocycles. The van der Waals surface area contributed by atoms with E-state index in [-0.39, 0.29) is 5.41 Å². The molecule has 0 N–H and O–H groups in total. The Morgan fingerprint density at radius 1 is 1.00 bits per heavy atom. The number of rotatable bonds is 2. The van der Waals surface area contributed by atoms with Gasteiger partial charge in [0.2, 0.25) is 5.88 Å². The second kappa shape index (κ2) is 5.36. The molecule has 3 rings (SSSR count). The van der Waals surface area contributed by atoms with Gasteiger partial charge in [-0.25, -0.2) is 9.97 Å². The van der Waals surface area contributed by atoms with E-state index in [4.69, 9.17) is 4.74 Å². The molecule has 0 saturated carbocycles. The molecule has 2 heterocycles. The van der Waals surface area contributed by atoms with Crippen LogP contribution in [0.4, 0.5) is 0 Å². The van der Waals surface area contributed by atoms with Crippen molar-refractivity contribution in [3.8, 4) is 11.6 Å². The van der Waals surface area contributed by atoms with Crippen molar-refractivity contribution in [2.75, 3.05) is 0 Å². The fourth-order valence-corrected chi connectivity index (χ4v) is 3.35. The third-order valence-electron chi connectivity index (χ3n) is 3.87. The number of thiophene rings is 1. The number of nitrogens with zero attached hydrogens (tertiary/aromatic N) is 2. The van der Waals surface area contributed by atoms with E-state index < -0.39 is 0 Å². The number of benzene rings is 1. The Morgan fingerprint density at radius 3 is 2.32 bits per heavy atom. The van der Waals surface area contributed by atoms with E-state index in [2.05, 4.69) is 56.7 Å². The maximum absolute atomic E-state index is 6.01. The summed E-state index contributed by atoms with van der Waals surface area (Å²) < 4.78 is 6.01. The Bertz CT molecular complexity index is 813. The summed E-state index contributed by atoms with van der Waals surface area (Å²) >= 11 is 1.68. The molecule has 0 atom stereocenters. The lowest BCUT2D eigenvalue weighted by Crippen LogP contribution is -2.10. The quantitative estimate of drug-likeness (QED) is 0.635. The van der Waals surface area contributed by atoms with Gasteiger partial charge in [0.05, 0.1) is 5.39 Å². The second-order valence-electron chi connectivity index (χ2n) is 6.52. The van der Waals surface area contributed by atoms with Crippen molar-refractivity contribution in [2.24, 2.45) is 0 Å². The molecule has 114 valence electrons. The Kier molecular flexibility index (Phi) is 3.65. The molecule has 0 aliphatic heterocycles. The number of aryl methyl sites for hydroxylation is 2. The van der Waals surface area contributed by atoms with Gasteiger partial charge in [-0.3, -0.25) is 0 Å². The maximum atomic E-state index is 6.01. The first-order chi connectivity index (χ1) is 10.4. The molecular weight excluding hydrogens is 292 g/mol. The van der Waals surface area contributed by atoms with Gasteiger partial charge in [0.15, 0.2) is 0 Å². The summed E-state index contributed by atoms with van der Waals surface area (Å²) in [4.78, 5) is 10.9. The summed E-state index contributed by atoms with van der Waals surface area (Å²) in [7, 11) is 0. The first-order valence-corrected chi connectivity index (χ1v) is 8.17. The van der Waals surface area contributed by atoms with Crippen molar-refractivity contribution in [3.05, 3.63) is 46.6 Å². The molecule has 0 fully saturated rings. The highest BCUT2D eigenvalue weighted by Gasteiger charge is 2.15. The maximum Gasteiger partial charge on any atom is 0.231 e. The second-order valence-corrected chi connectivity index (χ2v) is 7.72. The third kappa shape index (κ3) is 2.71. The van der Waals surface area contributed by atoms with E-state index in [9.17, 15) is 0 Å². The standard InChI is InChI=1S/C18H20N2OS/c1-11-12(2)22-17-15(11)16(19-10-20-17)21-14-8-6-13(7-9-14)18(3,4)5/h6-10H,1-5H3. The molecule has 0 bridgehead atoms. The van der Waals surface area contributed by atoms with Gasteiger partial charge in [0.1, 0.15) is 16.9 Å². The molecule has 0 spiro atoms. The molecule has 0 saturated heterocycles. The predicted octanol–water partition coefficient (Wildman–Crippen LogP) is 5.40. The molecule has 0 unspecified atom stereocenters. The van der Waals surface area contributed by atoms with Gasteiger partial charge in [-0.1, -0.05) is 32.9 Å². The van der Waals surface area contributed by atoms with Crippen LogP contribution < -0.4 is 4.74 Å². The monoisotopic (exact) mass is 312 g/mol. The Labute approximate surface area is 135 Å². The van der Waals surface area contributed by atoms with Gasteiger partial charge < -0.3 is 4.74 Å². The highest BCUT2D eigenvalue weighted by molar-refractivity contribution is 7.18. The minimum atomic E-state index is 0.141. The minimum Gasteiger partial charge on any atom is -0.438 e. The molecule has 0 radical (unpaired) electrons. The molecule has 3 aromatic rings. The Morgan fingerprint density at radius 2 is 1.68 bits per heavy atom. The van der Waals surface area contributed by atoms with E-state index in [0.29, 0.717) is 5.88 Å². The highest BCUT2D eigenvalue weighted by atomic mass is 32.1. The van der Waals surface area contributed by atoms with Gasteiger partial charge >= 0.3 is 0 Å². The summed E-state index contributed by atoms with van der Waals surface area (Å²) in [5.41, 5.74) is 2.62. The SMILES string of the molecule is Cc1sc2ncnc(Oc3ccc(C(C)(C)C)cc3)c2c1C. The Balaban J connectivity index is 1.97. The molecule has 2 aromatic heterocycles. The van der Waals surface area contributed by atoms with E-state index in [0.717, 1.165) is 16.0 Å². The fraction of sp³-hybridized carbons (Fsp3) is 0.333. The number of aromatic nitrogens is 2. The van der Waals surface area contributed by atoms with Crippen molar-refractivity contribution in [2.45, 2.75) is 40.0 Å². The van der Waals surface area contributed by atoms with Crippen LogP contribution in [-0.4, -0.2) is 9.97 Å². The average molecular weight is 312 g/mol. The first kappa shape index (κ1) is 15.0. The number of ether oxygens (including phenoxy) is 1. The topological polar surface area (TPSA) is 35.0 Å². The van der Waals surface area contributed by atoms with Crippen LogP contribution in [0.15, 0.2) is 30.6 Å². The molecule has 0 amide bonds.